The maximum Gasteiger partial charge on any atom is 0.0827 e. The van der Waals surface area contributed by atoms with E-state index in [-0.39, 0.29) is 12.0 Å². The summed E-state index contributed by atoms with van der Waals surface area (Å²) in [5.41, 5.74) is 1.10. The summed E-state index contributed by atoms with van der Waals surface area (Å²) in [7, 11) is 0. The molecule has 3 nitrogen and oxygen atoms in total. The molecule has 1 aromatic carbocycles. The Kier molecular flexibility index (Phi) is 3.36. The van der Waals surface area contributed by atoms with E-state index in [1.54, 1.807) is 0 Å². The molecule has 3 atom stereocenters. The van der Waals surface area contributed by atoms with E-state index >= 15 is 0 Å². The molecular weight excluding hydrogens is 192 g/mol. The molecule has 15 heavy (non-hydrogen) atoms. The van der Waals surface area contributed by atoms with Gasteiger partial charge in [0.2, 0.25) is 0 Å². The van der Waals surface area contributed by atoms with E-state index in [4.69, 9.17) is 9.84 Å². The molecule has 0 amide bonds. The first-order valence-corrected chi connectivity index (χ1v) is 5.25. The van der Waals surface area contributed by atoms with Crippen LogP contribution in [0.5, 0.6) is 0 Å². The first-order chi connectivity index (χ1) is 7.27. The van der Waals surface area contributed by atoms with E-state index in [1.807, 2.05) is 30.3 Å². The average molecular weight is 208 g/mol. The van der Waals surface area contributed by atoms with Crippen molar-refractivity contribution < 1.29 is 14.9 Å². The van der Waals surface area contributed by atoms with Crippen LogP contribution in [0.25, 0.3) is 0 Å². The van der Waals surface area contributed by atoms with Gasteiger partial charge in [-0.05, 0) is 12.0 Å². The average Bonchev–Trinajstić information content (AvgIpc) is 2.97. The molecule has 2 N–H and O–H groups in total. The Hall–Kier alpha value is -0.900. The molecular formula is C12H16O3. The van der Waals surface area contributed by atoms with Crippen molar-refractivity contribution in [2.75, 3.05) is 6.61 Å². The van der Waals surface area contributed by atoms with Gasteiger partial charge >= 0.3 is 0 Å². The number of rotatable bonds is 5. The lowest BCUT2D eigenvalue weighted by Gasteiger charge is -2.10. The van der Waals surface area contributed by atoms with E-state index < -0.39 is 6.10 Å². The molecule has 1 aliphatic rings. The second kappa shape index (κ2) is 4.75. The van der Waals surface area contributed by atoms with Gasteiger partial charge in [0.05, 0.1) is 25.4 Å². The highest BCUT2D eigenvalue weighted by Gasteiger charge is 2.40. The summed E-state index contributed by atoms with van der Waals surface area (Å²) in [5, 5.41) is 18.7. The predicted molar refractivity (Wildman–Crippen MR) is 56.2 cm³/mol. The molecule has 0 aliphatic heterocycles. The van der Waals surface area contributed by atoms with Crippen molar-refractivity contribution in [1.29, 1.82) is 0 Å². The fraction of sp³-hybridized carbons (Fsp3) is 0.500. The van der Waals surface area contributed by atoms with Crippen LogP contribution in [0.2, 0.25) is 0 Å². The van der Waals surface area contributed by atoms with Crippen molar-refractivity contribution in [3.8, 4) is 0 Å². The minimum absolute atomic E-state index is 0.0285. The number of aliphatic hydroxyl groups excluding tert-OH is 2. The molecule has 0 aromatic heterocycles. The molecule has 0 spiro atoms. The van der Waals surface area contributed by atoms with E-state index in [0.717, 1.165) is 5.56 Å². The van der Waals surface area contributed by atoms with Crippen molar-refractivity contribution >= 4 is 0 Å². The quantitative estimate of drug-likeness (QED) is 0.757. The fourth-order valence-corrected chi connectivity index (χ4v) is 1.61. The van der Waals surface area contributed by atoms with E-state index in [1.165, 1.54) is 0 Å². The van der Waals surface area contributed by atoms with Crippen molar-refractivity contribution in [1.82, 2.24) is 0 Å². The van der Waals surface area contributed by atoms with Crippen LogP contribution >= 0.6 is 0 Å². The van der Waals surface area contributed by atoms with Crippen LogP contribution in [0, 0.1) is 5.92 Å². The summed E-state index contributed by atoms with van der Waals surface area (Å²) in [6.07, 6.45) is -0.139. The summed E-state index contributed by atoms with van der Waals surface area (Å²) >= 11 is 0. The molecule has 82 valence electrons. The molecule has 2 rings (SSSR count). The molecule has 3 unspecified atom stereocenters. The van der Waals surface area contributed by atoms with Gasteiger partial charge in [-0.3, -0.25) is 0 Å². The van der Waals surface area contributed by atoms with Crippen LogP contribution < -0.4 is 0 Å². The molecule has 1 saturated carbocycles. The van der Waals surface area contributed by atoms with Crippen LogP contribution in [0.3, 0.4) is 0 Å². The SMILES string of the molecule is OC(COCc1ccccc1)C1CC1O. The standard InChI is InChI=1S/C12H16O3/c13-11-6-10(11)12(14)8-15-7-9-4-2-1-3-5-9/h1-5,10-14H,6-8H2. The fourth-order valence-electron chi connectivity index (χ4n) is 1.61. The molecule has 0 radical (unpaired) electrons. The molecule has 1 aromatic rings. The van der Waals surface area contributed by atoms with Gasteiger partial charge in [-0.1, -0.05) is 30.3 Å². The van der Waals surface area contributed by atoms with Crippen LogP contribution in [0.1, 0.15) is 12.0 Å². The summed E-state index contributed by atoms with van der Waals surface area (Å²) in [5.74, 6) is 0.0285. The minimum Gasteiger partial charge on any atom is -0.393 e. The lowest BCUT2D eigenvalue weighted by molar-refractivity contribution is 0.0102. The lowest BCUT2D eigenvalue weighted by Crippen LogP contribution is -2.19. The van der Waals surface area contributed by atoms with Crippen LogP contribution in [-0.2, 0) is 11.3 Å². The highest BCUT2D eigenvalue weighted by Crippen LogP contribution is 2.33. The molecule has 3 heteroatoms. The van der Waals surface area contributed by atoms with E-state index in [0.29, 0.717) is 19.6 Å². The number of aliphatic hydroxyl groups is 2. The number of benzene rings is 1. The topological polar surface area (TPSA) is 49.7 Å². The largest absolute Gasteiger partial charge is 0.393 e. The maximum atomic E-state index is 9.55. The van der Waals surface area contributed by atoms with E-state index in [9.17, 15) is 5.11 Å². The van der Waals surface area contributed by atoms with Gasteiger partial charge in [-0.15, -0.1) is 0 Å². The van der Waals surface area contributed by atoms with Gasteiger partial charge in [-0.2, -0.15) is 0 Å². The van der Waals surface area contributed by atoms with Crippen molar-refractivity contribution in [3.63, 3.8) is 0 Å². The van der Waals surface area contributed by atoms with Crippen LogP contribution in [0.15, 0.2) is 30.3 Å². The van der Waals surface area contributed by atoms with Gasteiger partial charge in [-0.25, -0.2) is 0 Å². The molecule has 1 aliphatic carbocycles. The van der Waals surface area contributed by atoms with Crippen molar-refractivity contribution in [2.45, 2.75) is 25.2 Å². The summed E-state index contributed by atoms with van der Waals surface area (Å²) in [4.78, 5) is 0. The lowest BCUT2D eigenvalue weighted by atomic mass is 10.2. The molecule has 0 saturated heterocycles. The van der Waals surface area contributed by atoms with Crippen LogP contribution in [-0.4, -0.2) is 29.0 Å². The molecule has 1 fully saturated rings. The van der Waals surface area contributed by atoms with Crippen LogP contribution in [0.4, 0.5) is 0 Å². The zero-order valence-corrected chi connectivity index (χ0v) is 8.54. The third kappa shape index (κ3) is 3.02. The Morgan fingerprint density at radius 2 is 2.00 bits per heavy atom. The second-order valence-corrected chi connectivity index (χ2v) is 4.03. The van der Waals surface area contributed by atoms with Gasteiger partial charge in [0.1, 0.15) is 0 Å². The summed E-state index contributed by atoms with van der Waals surface area (Å²) < 4.78 is 5.37. The Morgan fingerprint density at radius 3 is 2.60 bits per heavy atom. The summed E-state index contributed by atoms with van der Waals surface area (Å²) in [6, 6.07) is 9.84. The van der Waals surface area contributed by atoms with Crippen molar-refractivity contribution in [3.05, 3.63) is 35.9 Å². The monoisotopic (exact) mass is 208 g/mol. The minimum atomic E-state index is -0.524. The zero-order chi connectivity index (χ0) is 10.7. The first-order valence-electron chi connectivity index (χ1n) is 5.25. The van der Waals surface area contributed by atoms with Gasteiger partial charge in [0.25, 0.3) is 0 Å². The Bertz CT molecular complexity index is 299. The highest BCUT2D eigenvalue weighted by atomic mass is 16.5. The summed E-state index contributed by atoms with van der Waals surface area (Å²) in [6.45, 7) is 0.817. The van der Waals surface area contributed by atoms with Gasteiger partial charge in [0.15, 0.2) is 0 Å². The Balaban J connectivity index is 1.67. The van der Waals surface area contributed by atoms with Gasteiger partial charge < -0.3 is 14.9 Å². The third-order valence-corrected chi connectivity index (χ3v) is 2.70. The third-order valence-electron chi connectivity index (χ3n) is 2.70. The Morgan fingerprint density at radius 1 is 1.33 bits per heavy atom. The Labute approximate surface area is 89.3 Å². The number of hydrogen-bond donors (Lipinski definition) is 2. The predicted octanol–water partition coefficient (Wildman–Crippen LogP) is 0.945. The first kappa shape index (κ1) is 10.6. The zero-order valence-electron chi connectivity index (χ0n) is 8.54. The van der Waals surface area contributed by atoms with Gasteiger partial charge in [0, 0.05) is 5.92 Å². The van der Waals surface area contributed by atoms with E-state index in [2.05, 4.69) is 0 Å². The highest BCUT2D eigenvalue weighted by molar-refractivity contribution is 5.13. The number of hydrogen-bond acceptors (Lipinski definition) is 3. The smallest absolute Gasteiger partial charge is 0.0827 e. The molecule has 0 heterocycles. The number of ether oxygens (including phenoxy) is 1. The molecule has 0 bridgehead atoms. The van der Waals surface area contributed by atoms with Crippen molar-refractivity contribution in [2.24, 2.45) is 5.92 Å². The maximum absolute atomic E-state index is 9.55. The second-order valence-electron chi connectivity index (χ2n) is 4.03. The normalized spacial score (nSPS) is 26.3.